The summed E-state index contributed by atoms with van der Waals surface area (Å²) < 4.78 is 5.98. The maximum atomic E-state index is 12.6. The van der Waals surface area contributed by atoms with Crippen LogP contribution in [0.2, 0.25) is 0 Å². The predicted molar refractivity (Wildman–Crippen MR) is 83.0 cm³/mol. The molecule has 4 atom stereocenters. The lowest BCUT2D eigenvalue weighted by atomic mass is 9.73. The number of likely N-dealkylation sites (tertiary alicyclic amines) is 1. The normalized spacial score (nSPS) is 40.4. The number of carbonyl (C=O) groups excluding carboxylic acids is 2. The number of hydrogen-bond acceptors (Lipinski definition) is 3. The summed E-state index contributed by atoms with van der Waals surface area (Å²) >= 11 is 3.41. The summed E-state index contributed by atoms with van der Waals surface area (Å²) in [7, 11) is 0. The Kier molecular flexibility index (Phi) is 3.77. The van der Waals surface area contributed by atoms with Gasteiger partial charge in [-0.1, -0.05) is 40.9 Å². The smallest absolute Gasteiger partial charge is 0.236 e. The van der Waals surface area contributed by atoms with E-state index in [1.165, 1.54) is 4.90 Å². The van der Waals surface area contributed by atoms with Gasteiger partial charge in [-0.25, -0.2) is 0 Å². The van der Waals surface area contributed by atoms with Crippen molar-refractivity contribution in [3.8, 4) is 0 Å². The van der Waals surface area contributed by atoms with Crippen molar-refractivity contribution >= 4 is 27.7 Å². The van der Waals surface area contributed by atoms with Crippen LogP contribution in [0.15, 0.2) is 12.2 Å². The fourth-order valence-electron chi connectivity index (χ4n) is 4.03. The van der Waals surface area contributed by atoms with Crippen LogP contribution in [-0.2, 0) is 14.3 Å². The summed E-state index contributed by atoms with van der Waals surface area (Å²) in [5.41, 5.74) is -1.20. The second kappa shape index (κ2) is 5.20. The van der Waals surface area contributed by atoms with Gasteiger partial charge in [0, 0.05) is 11.9 Å². The van der Waals surface area contributed by atoms with E-state index in [0.29, 0.717) is 6.54 Å². The highest BCUT2D eigenvalue weighted by Gasteiger charge is 2.70. The molecular formula is C16H22BrNO3. The Hall–Kier alpha value is -0.680. The molecule has 3 rings (SSSR count). The Morgan fingerprint density at radius 1 is 1.05 bits per heavy atom. The van der Waals surface area contributed by atoms with Crippen molar-refractivity contribution in [1.82, 2.24) is 4.90 Å². The lowest BCUT2D eigenvalue weighted by Gasteiger charge is -2.25. The Bertz CT molecular complexity index is 470. The second-order valence-electron chi connectivity index (χ2n) is 6.69. The molecule has 2 unspecified atom stereocenters. The van der Waals surface area contributed by atoms with E-state index in [0.717, 1.165) is 31.0 Å². The fraction of sp³-hybridized carbons (Fsp3) is 0.750. The van der Waals surface area contributed by atoms with E-state index in [1.54, 1.807) is 0 Å². The van der Waals surface area contributed by atoms with Crippen molar-refractivity contribution in [2.24, 2.45) is 11.8 Å². The Morgan fingerprint density at radius 3 is 2.10 bits per heavy atom. The minimum absolute atomic E-state index is 0.0407. The van der Waals surface area contributed by atoms with Gasteiger partial charge >= 0.3 is 0 Å². The highest BCUT2D eigenvalue weighted by molar-refractivity contribution is 9.09. The van der Waals surface area contributed by atoms with Crippen molar-refractivity contribution in [1.29, 1.82) is 0 Å². The van der Waals surface area contributed by atoms with Gasteiger partial charge in [-0.05, 0) is 26.7 Å². The van der Waals surface area contributed by atoms with Gasteiger partial charge in [-0.15, -0.1) is 0 Å². The molecule has 2 fully saturated rings. The number of rotatable bonds is 6. The van der Waals surface area contributed by atoms with E-state index in [4.69, 9.17) is 4.74 Å². The maximum absolute atomic E-state index is 12.6. The molecule has 3 aliphatic heterocycles. The number of amides is 2. The van der Waals surface area contributed by atoms with Crippen LogP contribution in [-0.4, -0.2) is 39.8 Å². The molecule has 0 radical (unpaired) electrons. The monoisotopic (exact) mass is 355 g/mol. The first kappa shape index (κ1) is 15.2. The van der Waals surface area contributed by atoms with Crippen molar-refractivity contribution in [2.45, 2.75) is 50.7 Å². The van der Waals surface area contributed by atoms with Crippen molar-refractivity contribution in [3.05, 3.63) is 12.2 Å². The zero-order chi connectivity index (χ0) is 15.3. The number of fused-ring (bicyclic) bond motifs is 5. The minimum Gasteiger partial charge on any atom is -0.359 e. The molecule has 116 valence electrons. The standard InChI is InChI=1S/C16H22BrNO3/c1-15-7-8-16(2,21-15)12-11(15)13(19)18(14(12)20)10-6-4-3-5-9-17/h7-8,11-12H,3-6,9-10H2,1-2H3/t11-,12+,15?,16?. The number of nitrogens with zero attached hydrogens (tertiary/aromatic N) is 1. The maximum Gasteiger partial charge on any atom is 0.236 e. The number of unbranched alkanes of at least 4 members (excludes halogenated alkanes) is 3. The number of halogens is 1. The SMILES string of the molecule is CC12C=CC(C)(O1)[C@H]1C(=O)N(CCCCCCBr)C(=O)[C@H]12. The Morgan fingerprint density at radius 2 is 1.57 bits per heavy atom. The molecule has 0 aliphatic carbocycles. The fourth-order valence-corrected chi connectivity index (χ4v) is 4.42. The average Bonchev–Trinajstić information content (AvgIpc) is 2.97. The largest absolute Gasteiger partial charge is 0.359 e. The molecule has 2 bridgehead atoms. The average molecular weight is 356 g/mol. The van der Waals surface area contributed by atoms with Crippen LogP contribution in [0.1, 0.15) is 39.5 Å². The number of ether oxygens (including phenoxy) is 1. The Balaban J connectivity index is 1.68. The van der Waals surface area contributed by atoms with Crippen LogP contribution in [0.25, 0.3) is 0 Å². The van der Waals surface area contributed by atoms with Gasteiger partial charge in [0.05, 0.1) is 23.0 Å². The zero-order valence-corrected chi connectivity index (χ0v) is 14.2. The molecule has 0 aromatic carbocycles. The van der Waals surface area contributed by atoms with Crippen LogP contribution in [0.4, 0.5) is 0 Å². The van der Waals surface area contributed by atoms with E-state index >= 15 is 0 Å². The predicted octanol–water partition coefficient (Wildman–Crippen LogP) is 2.66. The summed E-state index contributed by atoms with van der Waals surface area (Å²) in [6, 6.07) is 0. The summed E-state index contributed by atoms with van der Waals surface area (Å²) in [5, 5.41) is 1.01. The first-order valence-corrected chi connectivity index (χ1v) is 8.87. The molecular weight excluding hydrogens is 334 g/mol. The second-order valence-corrected chi connectivity index (χ2v) is 7.48. The molecule has 0 N–H and O–H groups in total. The molecule has 0 aromatic heterocycles. The summed E-state index contributed by atoms with van der Waals surface area (Å²) in [6.45, 7) is 4.40. The van der Waals surface area contributed by atoms with Crippen LogP contribution in [0.5, 0.6) is 0 Å². The van der Waals surface area contributed by atoms with Gasteiger partial charge in [-0.2, -0.15) is 0 Å². The third-order valence-corrected chi connectivity index (χ3v) is 5.64. The molecule has 3 heterocycles. The van der Waals surface area contributed by atoms with Crippen molar-refractivity contribution in [3.63, 3.8) is 0 Å². The van der Waals surface area contributed by atoms with Crippen LogP contribution >= 0.6 is 15.9 Å². The third kappa shape index (κ3) is 2.20. The molecule has 21 heavy (non-hydrogen) atoms. The van der Waals surface area contributed by atoms with Gasteiger partial charge < -0.3 is 4.74 Å². The van der Waals surface area contributed by atoms with Crippen LogP contribution in [0.3, 0.4) is 0 Å². The minimum atomic E-state index is -0.600. The van der Waals surface area contributed by atoms with E-state index in [1.807, 2.05) is 26.0 Å². The van der Waals surface area contributed by atoms with Crippen molar-refractivity contribution < 1.29 is 14.3 Å². The van der Waals surface area contributed by atoms with Gasteiger partial charge in [0.25, 0.3) is 0 Å². The topological polar surface area (TPSA) is 46.6 Å². The van der Waals surface area contributed by atoms with Crippen molar-refractivity contribution in [2.75, 3.05) is 11.9 Å². The summed E-state index contributed by atoms with van der Waals surface area (Å²) in [6.07, 6.45) is 8.14. The third-order valence-electron chi connectivity index (χ3n) is 5.08. The first-order chi connectivity index (χ1) is 9.93. The number of imide groups is 1. The molecule has 0 saturated carbocycles. The molecule has 5 heteroatoms. The Labute approximate surface area is 134 Å². The van der Waals surface area contributed by atoms with Crippen LogP contribution < -0.4 is 0 Å². The molecule has 3 aliphatic rings. The first-order valence-electron chi connectivity index (χ1n) is 7.75. The molecule has 2 saturated heterocycles. The van der Waals surface area contributed by atoms with E-state index in [2.05, 4.69) is 15.9 Å². The van der Waals surface area contributed by atoms with Gasteiger partial charge in [0.1, 0.15) is 0 Å². The van der Waals surface area contributed by atoms with E-state index in [-0.39, 0.29) is 23.7 Å². The summed E-state index contributed by atoms with van der Waals surface area (Å²) in [5.74, 6) is -0.743. The van der Waals surface area contributed by atoms with E-state index < -0.39 is 11.2 Å². The number of hydrogen-bond donors (Lipinski definition) is 0. The van der Waals surface area contributed by atoms with Gasteiger partial charge in [-0.3, -0.25) is 14.5 Å². The number of carbonyl (C=O) groups is 2. The lowest BCUT2D eigenvalue weighted by Crippen LogP contribution is -2.39. The lowest BCUT2D eigenvalue weighted by molar-refractivity contribution is -0.146. The highest BCUT2D eigenvalue weighted by Crippen LogP contribution is 2.56. The summed E-state index contributed by atoms with van der Waals surface area (Å²) in [4.78, 5) is 26.8. The molecule has 0 aromatic rings. The quantitative estimate of drug-likeness (QED) is 0.318. The molecule has 0 spiro atoms. The molecule has 4 nitrogen and oxygen atoms in total. The van der Waals surface area contributed by atoms with Gasteiger partial charge in [0.15, 0.2) is 0 Å². The number of alkyl halides is 1. The van der Waals surface area contributed by atoms with E-state index in [9.17, 15) is 9.59 Å². The molecule has 2 amide bonds. The zero-order valence-electron chi connectivity index (χ0n) is 12.6. The van der Waals surface area contributed by atoms with Gasteiger partial charge in [0.2, 0.25) is 11.8 Å². The highest BCUT2D eigenvalue weighted by atomic mass is 79.9. The van der Waals surface area contributed by atoms with Crippen LogP contribution in [0, 0.1) is 11.8 Å².